The summed E-state index contributed by atoms with van der Waals surface area (Å²) in [6, 6.07) is 10.1. The van der Waals surface area contributed by atoms with E-state index < -0.39 is 0 Å². The standard InChI is InChI=1S/C18H25N3O2/c1-2-18(13-22)7-9-21(10-8-18)17(23)19-12-15-11-14-5-3-4-6-16(14)20-15/h3-6,11,20,22H,2,7-10,12-13H2,1H3,(H,19,23). The van der Waals surface area contributed by atoms with Crippen molar-refractivity contribution >= 4 is 16.9 Å². The fourth-order valence-electron chi connectivity index (χ4n) is 3.32. The van der Waals surface area contributed by atoms with E-state index in [9.17, 15) is 9.90 Å². The number of aromatic nitrogens is 1. The van der Waals surface area contributed by atoms with Crippen LogP contribution in [0.25, 0.3) is 10.9 Å². The van der Waals surface area contributed by atoms with E-state index in [0.717, 1.165) is 35.9 Å². The number of aromatic amines is 1. The number of piperidine rings is 1. The van der Waals surface area contributed by atoms with Crippen molar-refractivity contribution in [2.45, 2.75) is 32.7 Å². The maximum Gasteiger partial charge on any atom is 0.317 e. The van der Waals surface area contributed by atoms with Crippen LogP contribution in [0.1, 0.15) is 31.9 Å². The van der Waals surface area contributed by atoms with Gasteiger partial charge in [0.15, 0.2) is 0 Å². The number of para-hydroxylation sites is 1. The highest BCUT2D eigenvalue weighted by molar-refractivity contribution is 5.80. The molecule has 3 rings (SSSR count). The van der Waals surface area contributed by atoms with Crippen molar-refractivity contribution in [1.82, 2.24) is 15.2 Å². The van der Waals surface area contributed by atoms with Gasteiger partial charge in [-0.25, -0.2) is 4.79 Å². The Kier molecular flexibility index (Phi) is 4.57. The molecule has 5 nitrogen and oxygen atoms in total. The lowest BCUT2D eigenvalue weighted by atomic mass is 9.77. The predicted molar refractivity (Wildman–Crippen MR) is 91.2 cm³/mol. The fraction of sp³-hybridized carbons (Fsp3) is 0.500. The zero-order chi connectivity index (χ0) is 16.3. The zero-order valence-corrected chi connectivity index (χ0v) is 13.6. The van der Waals surface area contributed by atoms with E-state index in [4.69, 9.17) is 0 Å². The first-order chi connectivity index (χ1) is 11.2. The minimum absolute atomic E-state index is 0.00790. The van der Waals surface area contributed by atoms with Gasteiger partial charge in [-0.2, -0.15) is 0 Å². The van der Waals surface area contributed by atoms with Crippen LogP contribution in [0.4, 0.5) is 4.79 Å². The highest BCUT2D eigenvalue weighted by Gasteiger charge is 2.33. The lowest BCUT2D eigenvalue weighted by Crippen LogP contribution is -2.48. The molecule has 0 spiro atoms. The third-order valence-corrected chi connectivity index (χ3v) is 5.21. The highest BCUT2D eigenvalue weighted by atomic mass is 16.3. The lowest BCUT2D eigenvalue weighted by molar-refractivity contribution is 0.0519. The molecule has 5 heteroatoms. The summed E-state index contributed by atoms with van der Waals surface area (Å²) in [4.78, 5) is 17.5. The normalized spacial score (nSPS) is 17.4. The van der Waals surface area contributed by atoms with Crippen molar-refractivity contribution in [3.63, 3.8) is 0 Å². The molecule has 0 unspecified atom stereocenters. The molecule has 1 saturated heterocycles. The summed E-state index contributed by atoms with van der Waals surface area (Å²) < 4.78 is 0. The molecular weight excluding hydrogens is 290 g/mol. The second-order valence-electron chi connectivity index (χ2n) is 6.54. The van der Waals surface area contributed by atoms with Gasteiger partial charge >= 0.3 is 6.03 Å². The van der Waals surface area contributed by atoms with E-state index in [1.54, 1.807) is 0 Å². The van der Waals surface area contributed by atoms with Gasteiger partial charge in [0.25, 0.3) is 0 Å². The SMILES string of the molecule is CCC1(CO)CCN(C(=O)NCc2cc3ccccc3[nH]2)CC1. The van der Waals surface area contributed by atoms with Gasteiger partial charge < -0.3 is 20.3 Å². The molecule has 2 amide bonds. The Bertz CT molecular complexity index is 633. The van der Waals surface area contributed by atoms with Crippen LogP contribution in [0.3, 0.4) is 0 Å². The van der Waals surface area contributed by atoms with Gasteiger partial charge in [0.1, 0.15) is 0 Å². The number of likely N-dealkylation sites (tertiary alicyclic amines) is 1. The van der Waals surface area contributed by atoms with Gasteiger partial charge in [0.2, 0.25) is 0 Å². The summed E-state index contributed by atoms with van der Waals surface area (Å²) in [6.07, 6.45) is 2.72. The number of rotatable bonds is 4. The number of amides is 2. The molecule has 1 aliphatic rings. The molecule has 23 heavy (non-hydrogen) atoms. The average molecular weight is 315 g/mol. The largest absolute Gasteiger partial charge is 0.396 e. The van der Waals surface area contributed by atoms with Crippen LogP contribution in [-0.4, -0.2) is 40.7 Å². The van der Waals surface area contributed by atoms with Gasteiger partial charge in [-0.3, -0.25) is 0 Å². The fourth-order valence-corrected chi connectivity index (χ4v) is 3.32. The zero-order valence-electron chi connectivity index (χ0n) is 13.6. The Morgan fingerprint density at radius 1 is 1.35 bits per heavy atom. The quantitative estimate of drug-likeness (QED) is 0.812. The van der Waals surface area contributed by atoms with Gasteiger partial charge in [0, 0.05) is 30.9 Å². The molecule has 1 aromatic heterocycles. The Labute approximate surface area is 136 Å². The minimum atomic E-state index is -0.0219. The first-order valence-corrected chi connectivity index (χ1v) is 8.36. The summed E-state index contributed by atoms with van der Waals surface area (Å²) in [6.45, 7) is 4.26. The molecule has 1 aliphatic heterocycles. The number of carbonyl (C=O) groups is 1. The van der Waals surface area contributed by atoms with Crippen molar-refractivity contribution < 1.29 is 9.90 Å². The highest BCUT2D eigenvalue weighted by Crippen LogP contribution is 2.34. The maximum absolute atomic E-state index is 12.3. The summed E-state index contributed by atoms with van der Waals surface area (Å²) in [5, 5.41) is 13.7. The van der Waals surface area contributed by atoms with E-state index in [1.165, 1.54) is 0 Å². The molecule has 2 aromatic rings. The smallest absolute Gasteiger partial charge is 0.317 e. The number of nitrogens with one attached hydrogen (secondary N) is 2. The molecule has 3 N–H and O–H groups in total. The van der Waals surface area contributed by atoms with E-state index in [-0.39, 0.29) is 18.1 Å². The third kappa shape index (κ3) is 3.34. The molecule has 0 radical (unpaired) electrons. The van der Waals surface area contributed by atoms with Crippen molar-refractivity contribution in [3.8, 4) is 0 Å². The van der Waals surface area contributed by atoms with Crippen molar-refractivity contribution in [2.24, 2.45) is 5.41 Å². The number of aliphatic hydroxyl groups excluding tert-OH is 1. The number of hydrogen-bond donors (Lipinski definition) is 3. The number of carbonyl (C=O) groups excluding carboxylic acids is 1. The van der Waals surface area contributed by atoms with Crippen LogP contribution in [0.15, 0.2) is 30.3 Å². The monoisotopic (exact) mass is 315 g/mol. The van der Waals surface area contributed by atoms with Gasteiger partial charge in [-0.15, -0.1) is 0 Å². The molecule has 2 heterocycles. The van der Waals surface area contributed by atoms with Gasteiger partial charge in [-0.05, 0) is 42.2 Å². The Hall–Kier alpha value is -2.01. The summed E-state index contributed by atoms with van der Waals surface area (Å²) >= 11 is 0. The molecule has 1 aromatic carbocycles. The first-order valence-electron chi connectivity index (χ1n) is 8.36. The summed E-state index contributed by atoms with van der Waals surface area (Å²) in [5.41, 5.74) is 2.11. The van der Waals surface area contributed by atoms with Crippen LogP contribution >= 0.6 is 0 Å². The van der Waals surface area contributed by atoms with Crippen molar-refractivity contribution in [2.75, 3.05) is 19.7 Å². The predicted octanol–water partition coefficient (Wildman–Crippen LogP) is 2.86. The molecule has 1 fully saturated rings. The summed E-state index contributed by atoms with van der Waals surface area (Å²) in [5.74, 6) is 0. The molecule has 124 valence electrons. The number of fused-ring (bicyclic) bond motifs is 1. The topological polar surface area (TPSA) is 68.4 Å². The molecule has 0 aliphatic carbocycles. The summed E-state index contributed by atoms with van der Waals surface area (Å²) in [7, 11) is 0. The van der Waals surface area contributed by atoms with Gasteiger partial charge in [0.05, 0.1) is 6.54 Å². The van der Waals surface area contributed by atoms with E-state index >= 15 is 0 Å². The van der Waals surface area contributed by atoms with Crippen LogP contribution in [-0.2, 0) is 6.54 Å². The Balaban J connectivity index is 1.54. The second kappa shape index (κ2) is 6.62. The first kappa shape index (κ1) is 15.9. The number of hydrogen-bond acceptors (Lipinski definition) is 2. The molecule has 0 saturated carbocycles. The average Bonchev–Trinajstić information content (AvgIpc) is 3.02. The van der Waals surface area contributed by atoms with E-state index in [0.29, 0.717) is 19.6 Å². The van der Waals surface area contributed by atoms with Crippen molar-refractivity contribution in [3.05, 3.63) is 36.0 Å². The number of aliphatic hydroxyl groups is 1. The van der Waals surface area contributed by atoms with Gasteiger partial charge in [-0.1, -0.05) is 25.1 Å². The minimum Gasteiger partial charge on any atom is -0.396 e. The van der Waals surface area contributed by atoms with E-state index in [1.807, 2.05) is 23.1 Å². The third-order valence-electron chi connectivity index (χ3n) is 5.21. The second-order valence-corrected chi connectivity index (χ2v) is 6.54. The number of nitrogens with zero attached hydrogens (tertiary/aromatic N) is 1. The number of benzene rings is 1. The van der Waals surface area contributed by atoms with E-state index in [2.05, 4.69) is 29.4 Å². The number of H-pyrrole nitrogens is 1. The van der Waals surface area contributed by atoms with Crippen LogP contribution in [0.5, 0.6) is 0 Å². The maximum atomic E-state index is 12.3. The Morgan fingerprint density at radius 2 is 2.09 bits per heavy atom. The van der Waals surface area contributed by atoms with Crippen LogP contribution in [0, 0.1) is 5.41 Å². The van der Waals surface area contributed by atoms with Crippen LogP contribution < -0.4 is 5.32 Å². The molecular formula is C18H25N3O2. The molecule has 0 bridgehead atoms. The Morgan fingerprint density at radius 3 is 2.74 bits per heavy atom. The molecule has 0 atom stereocenters. The lowest BCUT2D eigenvalue weighted by Gasteiger charge is -2.40. The van der Waals surface area contributed by atoms with Crippen molar-refractivity contribution in [1.29, 1.82) is 0 Å². The number of urea groups is 1. The van der Waals surface area contributed by atoms with Crippen LogP contribution in [0.2, 0.25) is 0 Å².